The summed E-state index contributed by atoms with van der Waals surface area (Å²) in [6, 6.07) is 9.37. The number of ketones is 1. The van der Waals surface area contributed by atoms with Crippen LogP contribution in [0.4, 0.5) is 13.2 Å². The lowest BCUT2D eigenvalue weighted by molar-refractivity contribution is -0.143. The summed E-state index contributed by atoms with van der Waals surface area (Å²) in [6.45, 7) is -0.325. The average molecular weight is 514 g/mol. The van der Waals surface area contributed by atoms with Crippen LogP contribution in [0.1, 0.15) is 27.3 Å². The van der Waals surface area contributed by atoms with Crippen LogP contribution in [0.15, 0.2) is 61.2 Å². The Kier molecular flexibility index (Phi) is 5.98. The maximum absolute atomic E-state index is 14.2. The lowest BCUT2D eigenvalue weighted by Gasteiger charge is -2.14. The third-order valence-electron chi connectivity index (χ3n) is 5.32. The van der Waals surface area contributed by atoms with E-state index in [9.17, 15) is 18.0 Å². The number of alkyl halides is 3. The van der Waals surface area contributed by atoms with E-state index in [1.807, 2.05) is 0 Å². The minimum atomic E-state index is -4.86. The number of Topliss-reactive ketones (excluding diaryl/α,β-unsaturated/α-hetero) is 1. The SMILES string of the molecule is O=C(Cc1cnc(-n2ncc(CO)n2)c(Cl)c1)c1cnn(-c2cccc3ncccc23)c1C(F)(F)F. The molecule has 0 aliphatic heterocycles. The quantitative estimate of drug-likeness (QED) is 0.342. The molecular formula is C23H15ClF3N7O2. The minimum absolute atomic E-state index is 0.0791. The van der Waals surface area contributed by atoms with E-state index < -0.39 is 29.6 Å². The molecular weight excluding hydrogens is 499 g/mol. The molecule has 4 aromatic heterocycles. The van der Waals surface area contributed by atoms with Crippen molar-refractivity contribution in [3.8, 4) is 11.5 Å². The van der Waals surface area contributed by atoms with E-state index in [0.717, 1.165) is 11.0 Å². The number of benzene rings is 1. The number of aliphatic hydroxyl groups excluding tert-OH is 1. The van der Waals surface area contributed by atoms with Gasteiger partial charge in [0.25, 0.3) is 0 Å². The maximum atomic E-state index is 14.2. The van der Waals surface area contributed by atoms with Crippen molar-refractivity contribution in [1.82, 2.24) is 34.7 Å². The first kappa shape index (κ1) is 23.6. The number of aliphatic hydroxyl groups is 1. The highest BCUT2D eigenvalue weighted by atomic mass is 35.5. The largest absolute Gasteiger partial charge is 0.434 e. The van der Waals surface area contributed by atoms with Gasteiger partial charge in [0, 0.05) is 24.2 Å². The molecule has 0 bridgehead atoms. The summed E-state index contributed by atoms with van der Waals surface area (Å²) in [5.41, 5.74) is -0.536. The van der Waals surface area contributed by atoms with E-state index in [-0.39, 0.29) is 23.1 Å². The van der Waals surface area contributed by atoms with Gasteiger partial charge in [0.15, 0.2) is 17.3 Å². The number of rotatable bonds is 6. The number of nitrogens with zero attached hydrogens (tertiary/aromatic N) is 7. The number of carbonyl (C=O) groups excluding carboxylic acids is 1. The van der Waals surface area contributed by atoms with Crippen molar-refractivity contribution >= 4 is 28.3 Å². The molecule has 0 spiro atoms. The van der Waals surface area contributed by atoms with Crippen molar-refractivity contribution in [1.29, 1.82) is 0 Å². The number of aromatic nitrogens is 7. The molecule has 0 aliphatic carbocycles. The van der Waals surface area contributed by atoms with Crippen LogP contribution in [0.25, 0.3) is 22.4 Å². The smallest absolute Gasteiger partial charge is 0.390 e. The summed E-state index contributed by atoms with van der Waals surface area (Å²) in [5.74, 6) is -0.668. The molecule has 1 aromatic carbocycles. The molecule has 0 fully saturated rings. The first-order valence-electron chi connectivity index (χ1n) is 10.5. The Morgan fingerprint density at radius 2 is 1.89 bits per heavy atom. The molecule has 0 unspecified atom stereocenters. The number of fused-ring (bicyclic) bond motifs is 1. The van der Waals surface area contributed by atoms with E-state index in [1.54, 1.807) is 24.3 Å². The fraction of sp³-hybridized carbons (Fsp3) is 0.130. The molecule has 5 aromatic rings. The van der Waals surface area contributed by atoms with Gasteiger partial charge in [0.1, 0.15) is 5.69 Å². The van der Waals surface area contributed by atoms with Crippen LogP contribution >= 0.6 is 11.6 Å². The second-order valence-electron chi connectivity index (χ2n) is 7.70. The van der Waals surface area contributed by atoms with Crippen LogP contribution < -0.4 is 0 Å². The Hall–Kier alpha value is -4.16. The molecule has 0 saturated carbocycles. The predicted octanol–water partition coefficient (Wildman–Crippen LogP) is 3.99. The van der Waals surface area contributed by atoms with Crippen molar-refractivity contribution in [2.75, 3.05) is 0 Å². The lowest BCUT2D eigenvalue weighted by atomic mass is 10.0. The molecule has 0 saturated heterocycles. The van der Waals surface area contributed by atoms with Crippen LogP contribution in [0, 0.1) is 0 Å². The fourth-order valence-electron chi connectivity index (χ4n) is 3.74. The number of hydrogen-bond donors (Lipinski definition) is 1. The maximum Gasteiger partial charge on any atom is 0.434 e. The van der Waals surface area contributed by atoms with Crippen LogP contribution in [0.3, 0.4) is 0 Å². The van der Waals surface area contributed by atoms with Gasteiger partial charge in [-0.05, 0) is 35.9 Å². The normalized spacial score (nSPS) is 11.8. The third kappa shape index (κ3) is 4.32. The standard InChI is InChI=1S/C23H15ClF3N7O2/c24-17-7-13(9-29-22(17)34-31-10-14(12-35)32-34)8-20(36)16-11-30-33(21(16)23(25,26)27)19-5-1-4-18-15(19)3-2-6-28-18/h1-7,9-11,35H,8,12H2. The summed E-state index contributed by atoms with van der Waals surface area (Å²) >= 11 is 6.25. The molecule has 0 amide bonds. The van der Waals surface area contributed by atoms with Crippen LogP contribution in [-0.2, 0) is 19.2 Å². The Morgan fingerprint density at radius 3 is 2.61 bits per heavy atom. The zero-order valence-corrected chi connectivity index (χ0v) is 18.9. The Morgan fingerprint density at radius 1 is 1.06 bits per heavy atom. The highest BCUT2D eigenvalue weighted by molar-refractivity contribution is 6.32. The van der Waals surface area contributed by atoms with Gasteiger partial charge in [-0.2, -0.15) is 23.4 Å². The monoisotopic (exact) mass is 513 g/mol. The average Bonchev–Trinajstić information content (AvgIpc) is 3.51. The molecule has 0 atom stereocenters. The highest BCUT2D eigenvalue weighted by Crippen LogP contribution is 2.35. The van der Waals surface area contributed by atoms with Gasteiger partial charge in [-0.1, -0.05) is 17.7 Å². The van der Waals surface area contributed by atoms with Crippen LogP contribution in [0.5, 0.6) is 0 Å². The highest BCUT2D eigenvalue weighted by Gasteiger charge is 2.40. The van der Waals surface area contributed by atoms with Crippen molar-refractivity contribution < 1.29 is 23.1 Å². The number of halogens is 4. The van der Waals surface area contributed by atoms with Crippen molar-refractivity contribution in [2.24, 2.45) is 0 Å². The van der Waals surface area contributed by atoms with E-state index in [0.29, 0.717) is 26.8 Å². The number of pyridine rings is 2. The predicted molar refractivity (Wildman–Crippen MR) is 122 cm³/mol. The molecule has 4 heterocycles. The summed E-state index contributed by atoms with van der Waals surface area (Å²) < 4.78 is 43.2. The van der Waals surface area contributed by atoms with E-state index in [1.165, 1.54) is 30.7 Å². The second-order valence-corrected chi connectivity index (χ2v) is 8.10. The second kappa shape index (κ2) is 9.13. The van der Waals surface area contributed by atoms with E-state index in [2.05, 4.69) is 25.3 Å². The van der Waals surface area contributed by atoms with Gasteiger partial charge in [0.05, 0.1) is 40.8 Å². The van der Waals surface area contributed by atoms with Gasteiger partial charge in [-0.15, -0.1) is 9.90 Å². The van der Waals surface area contributed by atoms with Crippen molar-refractivity contribution in [3.63, 3.8) is 0 Å². The molecule has 36 heavy (non-hydrogen) atoms. The van der Waals surface area contributed by atoms with Gasteiger partial charge in [0.2, 0.25) is 0 Å². The number of hydrogen-bond acceptors (Lipinski definition) is 7. The zero-order chi connectivity index (χ0) is 25.4. The molecule has 13 heteroatoms. The lowest BCUT2D eigenvalue weighted by Crippen LogP contribution is -2.18. The van der Waals surface area contributed by atoms with Crippen molar-refractivity contribution in [3.05, 3.63) is 88.7 Å². The van der Waals surface area contributed by atoms with Crippen molar-refractivity contribution in [2.45, 2.75) is 19.2 Å². The summed E-state index contributed by atoms with van der Waals surface area (Å²) in [5, 5.41) is 21.5. The topological polar surface area (TPSA) is 112 Å². The van der Waals surface area contributed by atoms with E-state index in [4.69, 9.17) is 16.7 Å². The Bertz CT molecular complexity index is 1590. The van der Waals surface area contributed by atoms with Gasteiger partial charge < -0.3 is 5.11 Å². The molecule has 182 valence electrons. The third-order valence-corrected chi connectivity index (χ3v) is 5.60. The van der Waals surface area contributed by atoms with Gasteiger partial charge in [-0.25, -0.2) is 9.67 Å². The Labute approximate surface area is 205 Å². The first-order chi connectivity index (χ1) is 17.3. The van der Waals surface area contributed by atoms with Crippen LogP contribution in [0.2, 0.25) is 5.02 Å². The number of carbonyl (C=O) groups is 1. The first-order valence-corrected chi connectivity index (χ1v) is 10.8. The summed E-state index contributed by atoms with van der Waals surface area (Å²) in [6.07, 6.45) is -0.177. The fourth-order valence-corrected chi connectivity index (χ4v) is 4.01. The molecule has 0 radical (unpaired) electrons. The zero-order valence-electron chi connectivity index (χ0n) is 18.2. The Balaban J connectivity index is 1.49. The van der Waals surface area contributed by atoms with Gasteiger partial charge in [-0.3, -0.25) is 9.78 Å². The molecule has 1 N–H and O–H groups in total. The summed E-state index contributed by atoms with van der Waals surface area (Å²) in [7, 11) is 0. The van der Waals surface area contributed by atoms with E-state index >= 15 is 0 Å². The van der Waals surface area contributed by atoms with Crippen LogP contribution in [-0.4, -0.2) is 45.6 Å². The molecule has 9 nitrogen and oxygen atoms in total. The van der Waals surface area contributed by atoms with Gasteiger partial charge >= 0.3 is 6.18 Å². The summed E-state index contributed by atoms with van der Waals surface area (Å²) in [4.78, 5) is 22.4. The minimum Gasteiger partial charge on any atom is -0.390 e. The molecule has 0 aliphatic rings. The molecule has 5 rings (SSSR count).